The molecule has 6 heteroatoms. The van der Waals surface area contributed by atoms with Crippen LogP contribution >= 0.6 is 15.9 Å². The zero-order valence-electron chi connectivity index (χ0n) is 15.2. The van der Waals surface area contributed by atoms with Crippen molar-refractivity contribution in [1.82, 2.24) is 4.90 Å². The van der Waals surface area contributed by atoms with Crippen molar-refractivity contribution in [3.05, 3.63) is 58.1 Å². The van der Waals surface area contributed by atoms with Crippen LogP contribution < -0.4 is 9.47 Å². The summed E-state index contributed by atoms with van der Waals surface area (Å²) in [5.41, 5.74) is 1.72. The molecule has 26 heavy (non-hydrogen) atoms. The number of aliphatic hydroxyl groups is 1. The van der Waals surface area contributed by atoms with Crippen LogP contribution in [0.15, 0.2) is 46.9 Å². The van der Waals surface area contributed by atoms with E-state index >= 15 is 0 Å². The van der Waals surface area contributed by atoms with Crippen LogP contribution in [-0.4, -0.2) is 49.2 Å². The Labute approximate surface area is 162 Å². The number of nitrogens with zero attached hydrogens (tertiary/aromatic N) is 1. The highest BCUT2D eigenvalue weighted by molar-refractivity contribution is 9.10. The summed E-state index contributed by atoms with van der Waals surface area (Å²) in [6.45, 7) is 2.82. The predicted molar refractivity (Wildman–Crippen MR) is 105 cm³/mol. The van der Waals surface area contributed by atoms with Crippen LogP contribution in [0.1, 0.15) is 22.8 Å². The van der Waals surface area contributed by atoms with Crippen molar-refractivity contribution in [1.29, 1.82) is 0 Å². The summed E-state index contributed by atoms with van der Waals surface area (Å²) in [5.74, 6) is 0.944. The van der Waals surface area contributed by atoms with E-state index < -0.39 is 6.10 Å². The number of halogens is 1. The molecule has 0 saturated carbocycles. The van der Waals surface area contributed by atoms with Gasteiger partial charge in [-0.25, -0.2) is 0 Å². The third-order valence-corrected chi connectivity index (χ3v) is 4.70. The highest BCUT2D eigenvalue weighted by atomic mass is 79.9. The first kappa shape index (κ1) is 20.4. The quantitative estimate of drug-likeness (QED) is 0.627. The average molecular weight is 422 g/mol. The monoisotopic (exact) mass is 421 g/mol. The Morgan fingerprint density at radius 1 is 1.23 bits per heavy atom. The first-order valence-electron chi connectivity index (χ1n) is 8.32. The standard InChI is InChI=1S/C20H24BrNO4/c1-14(23)15-8-9-19(20(10-15)25-3)26-13-17(24)12-22(2)11-16-6-4-5-7-18(16)21/h4-10,17,24H,11-13H2,1-3H3. The molecule has 2 aromatic carbocycles. The number of likely N-dealkylation sites (N-methyl/N-ethyl adjacent to an activating group) is 1. The molecule has 2 aromatic rings. The highest BCUT2D eigenvalue weighted by Crippen LogP contribution is 2.28. The molecule has 0 radical (unpaired) electrons. The van der Waals surface area contributed by atoms with Crippen molar-refractivity contribution < 1.29 is 19.4 Å². The molecule has 0 saturated heterocycles. The lowest BCUT2D eigenvalue weighted by Gasteiger charge is -2.21. The van der Waals surface area contributed by atoms with Gasteiger partial charge in [0.25, 0.3) is 0 Å². The van der Waals surface area contributed by atoms with Crippen molar-refractivity contribution in [2.45, 2.75) is 19.6 Å². The third kappa shape index (κ3) is 5.83. The van der Waals surface area contributed by atoms with Crippen LogP contribution in [0.25, 0.3) is 0 Å². The summed E-state index contributed by atoms with van der Waals surface area (Å²) >= 11 is 3.53. The fourth-order valence-corrected chi connectivity index (χ4v) is 3.00. The van der Waals surface area contributed by atoms with Crippen LogP contribution in [0.3, 0.4) is 0 Å². The first-order valence-corrected chi connectivity index (χ1v) is 9.11. The Morgan fingerprint density at radius 3 is 2.62 bits per heavy atom. The summed E-state index contributed by atoms with van der Waals surface area (Å²) in [6, 6.07) is 13.0. The molecule has 2 rings (SSSR count). The molecule has 0 fully saturated rings. The van der Waals surface area contributed by atoms with Gasteiger partial charge in [0.05, 0.1) is 7.11 Å². The number of ether oxygens (including phenoxy) is 2. The molecule has 0 aliphatic rings. The first-order chi connectivity index (χ1) is 12.4. The summed E-state index contributed by atoms with van der Waals surface area (Å²) in [6.07, 6.45) is -0.653. The van der Waals surface area contributed by atoms with Crippen molar-refractivity contribution in [3.63, 3.8) is 0 Å². The third-order valence-electron chi connectivity index (χ3n) is 3.92. The second-order valence-electron chi connectivity index (χ2n) is 6.17. The molecule has 0 amide bonds. The molecule has 1 N–H and O–H groups in total. The molecule has 0 spiro atoms. The number of carbonyl (C=O) groups excluding carboxylic acids is 1. The summed E-state index contributed by atoms with van der Waals surface area (Å²) in [7, 11) is 3.47. The van der Waals surface area contributed by atoms with E-state index in [-0.39, 0.29) is 12.4 Å². The van der Waals surface area contributed by atoms with Gasteiger partial charge in [-0.05, 0) is 43.8 Å². The van der Waals surface area contributed by atoms with Crippen LogP contribution in [0, 0.1) is 0 Å². The lowest BCUT2D eigenvalue weighted by Crippen LogP contribution is -2.32. The number of Topliss-reactive ketones (excluding diaryl/α,β-unsaturated/α-hetero) is 1. The lowest BCUT2D eigenvalue weighted by atomic mass is 10.1. The van der Waals surface area contributed by atoms with Gasteiger partial charge in [0, 0.05) is 23.1 Å². The largest absolute Gasteiger partial charge is 0.493 e. The van der Waals surface area contributed by atoms with Gasteiger partial charge < -0.3 is 14.6 Å². The molecule has 0 aliphatic heterocycles. The Bertz CT molecular complexity index is 750. The van der Waals surface area contributed by atoms with Crippen molar-refractivity contribution in [2.75, 3.05) is 27.3 Å². The van der Waals surface area contributed by atoms with Crippen molar-refractivity contribution >= 4 is 21.7 Å². The lowest BCUT2D eigenvalue weighted by molar-refractivity contribution is 0.0732. The second-order valence-corrected chi connectivity index (χ2v) is 7.03. The van der Waals surface area contributed by atoms with Crippen LogP contribution in [0.2, 0.25) is 0 Å². The number of ketones is 1. The molecule has 0 bridgehead atoms. The SMILES string of the molecule is COc1cc(C(C)=O)ccc1OCC(O)CN(C)Cc1ccccc1Br. The van der Waals surface area contributed by atoms with E-state index in [0.29, 0.717) is 23.6 Å². The molecule has 0 heterocycles. The van der Waals surface area contributed by atoms with Crippen LogP contribution in [-0.2, 0) is 6.54 Å². The fraction of sp³-hybridized carbons (Fsp3) is 0.350. The number of rotatable bonds is 9. The Morgan fingerprint density at radius 2 is 1.96 bits per heavy atom. The Hall–Kier alpha value is -1.89. The number of hydrogen-bond donors (Lipinski definition) is 1. The maximum atomic E-state index is 11.4. The normalized spacial score (nSPS) is 12.1. The number of methoxy groups -OCH3 is 1. The zero-order valence-corrected chi connectivity index (χ0v) is 16.8. The summed E-state index contributed by atoms with van der Waals surface area (Å²) in [4.78, 5) is 13.5. The van der Waals surface area contributed by atoms with Crippen molar-refractivity contribution in [3.8, 4) is 11.5 Å². The minimum atomic E-state index is -0.653. The van der Waals surface area contributed by atoms with E-state index in [0.717, 1.165) is 16.6 Å². The highest BCUT2D eigenvalue weighted by Gasteiger charge is 2.13. The minimum Gasteiger partial charge on any atom is -0.493 e. The minimum absolute atomic E-state index is 0.0383. The summed E-state index contributed by atoms with van der Waals surface area (Å²) in [5, 5.41) is 10.3. The number of hydrogen-bond acceptors (Lipinski definition) is 5. The van der Waals surface area contributed by atoms with Gasteiger partial charge in [-0.2, -0.15) is 0 Å². The number of aliphatic hydroxyl groups excluding tert-OH is 1. The zero-order chi connectivity index (χ0) is 19.1. The maximum Gasteiger partial charge on any atom is 0.161 e. The molecule has 5 nitrogen and oxygen atoms in total. The Kier molecular flexibility index (Phi) is 7.63. The smallest absolute Gasteiger partial charge is 0.161 e. The fourth-order valence-electron chi connectivity index (χ4n) is 2.59. The van der Waals surface area contributed by atoms with E-state index in [2.05, 4.69) is 15.9 Å². The van der Waals surface area contributed by atoms with Crippen LogP contribution in [0.4, 0.5) is 0 Å². The van der Waals surface area contributed by atoms with E-state index in [1.807, 2.05) is 36.2 Å². The number of carbonyl (C=O) groups is 1. The van der Waals surface area contributed by atoms with Gasteiger partial charge in [-0.1, -0.05) is 34.1 Å². The predicted octanol–water partition coefficient (Wildman–Crippen LogP) is 3.53. The average Bonchev–Trinajstić information content (AvgIpc) is 2.61. The van der Waals surface area contributed by atoms with E-state index in [1.54, 1.807) is 18.2 Å². The van der Waals surface area contributed by atoms with Crippen LogP contribution in [0.5, 0.6) is 11.5 Å². The topological polar surface area (TPSA) is 59.0 Å². The maximum absolute atomic E-state index is 11.4. The van der Waals surface area contributed by atoms with Gasteiger partial charge in [-0.15, -0.1) is 0 Å². The van der Waals surface area contributed by atoms with Gasteiger partial charge in [0.2, 0.25) is 0 Å². The van der Waals surface area contributed by atoms with E-state index in [9.17, 15) is 9.90 Å². The van der Waals surface area contributed by atoms with Gasteiger partial charge in [-0.3, -0.25) is 9.69 Å². The Balaban J connectivity index is 1.89. The number of benzene rings is 2. The molecule has 0 aromatic heterocycles. The molecule has 140 valence electrons. The molecular weight excluding hydrogens is 398 g/mol. The van der Waals surface area contributed by atoms with E-state index in [4.69, 9.17) is 9.47 Å². The summed E-state index contributed by atoms with van der Waals surface area (Å²) < 4.78 is 12.0. The van der Waals surface area contributed by atoms with Gasteiger partial charge in [0.1, 0.15) is 12.7 Å². The molecular formula is C20H24BrNO4. The van der Waals surface area contributed by atoms with E-state index in [1.165, 1.54) is 14.0 Å². The molecule has 1 atom stereocenters. The second kappa shape index (κ2) is 9.71. The van der Waals surface area contributed by atoms with Gasteiger partial charge >= 0.3 is 0 Å². The van der Waals surface area contributed by atoms with Crippen molar-refractivity contribution in [2.24, 2.45) is 0 Å². The van der Waals surface area contributed by atoms with Gasteiger partial charge in [0.15, 0.2) is 17.3 Å². The molecule has 1 unspecified atom stereocenters. The molecule has 0 aliphatic carbocycles.